The van der Waals surface area contributed by atoms with Gasteiger partial charge in [0.05, 0.1) is 12.7 Å². The van der Waals surface area contributed by atoms with Crippen LogP contribution < -0.4 is 10.1 Å². The van der Waals surface area contributed by atoms with Crippen molar-refractivity contribution < 1.29 is 27.8 Å². The summed E-state index contributed by atoms with van der Waals surface area (Å²) in [6.45, 7) is 2.17. The number of methoxy groups -OCH3 is 1. The predicted molar refractivity (Wildman–Crippen MR) is 131 cm³/mol. The van der Waals surface area contributed by atoms with Gasteiger partial charge < -0.3 is 19.7 Å². The molecule has 0 bridgehead atoms. The Balaban J connectivity index is 1.67. The first-order valence-corrected chi connectivity index (χ1v) is 11.7. The Morgan fingerprint density at radius 3 is 2.35 bits per heavy atom. The molecule has 1 unspecified atom stereocenters. The predicted octanol–water partition coefficient (Wildman–Crippen LogP) is 5.48. The lowest BCUT2D eigenvalue weighted by Crippen LogP contribution is -2.20. The van der Waals surface area contributed by atoms with Gasteiger partial charge in [0.1, 0.15) is 17.1 Å². The van der Waals surface area contributed by atoms with Gasteiger partial charge in [-0.15, -0.1) is 0 Å². The molecule has 2 aromatic heterocycles. The molecule has 0 spiro atoms. The maximum atomic E-state index is 13.1. The Labute approximate surface area is 210 Å². The molecule has 1 aliphatic carbocycles. The summed E-state index contributed by atoms with van der Waals surface area (Å²) >= 11 is 0. The van der Waals surface area contributed by atoms with E-state index in [0.29, 0.717) is 40.0 Å². The summed E-state index contributed by atoms with van der Waals surface area (Å²) in [4.78, 5) is 24.9. The third kappa shape index (κ3) is 5.07. The number of fused-ring (bicyclic) bond motifs is 1. The fourth-order valence-corrected chi connectivity index (χ4v) is 4.26. The van der Waals surface area contributed by atoms with Gasteiger partial charge in [0, 0.05) is 18.2 Å². The first kappa shape index (κ1) is 24.5. The molecule has 37 heavy (non-hydrogen) atoms. The average molecular weight is 512 g/mol. The fourth-order valence-electron chi connectivity index (χ4n) is 4.26. The van der Waals surface area contributed by atoms with E-state index in [1.165, 1.54) is 12.1 Å². The van der Waals surface area contributed by atoms with E-state index < -0.39 is 23.5 Å². The number of imidazole rings is 1. The smallest absolute Gasteiger partial charge is 0.416 e. The van der Waals surface area contributed by atoms with Gasteiger partial charge in [0.25, 0.3) is 0 Å². The van der Waals surface area contributed by atoms with Crippen molar-refractivity contribution in [1.82, 2.24) is 19.5 Å². The average Bonchev–Trinajstić information content (AvgIpc) is 3.66. The lowest BCUT2D eigenvalue weighted by atomic mass is 10.1. The van der Waals surface area contributed by atoms with Crippen LogP contribution in [0.5, 0.6) is 5.75 Å². The van der Waals surface area contributed by atoms with Gasteiger partial charge in [0.2, 0.25) is 5.82 Å². The van der Waals surface area contributed by atoms with Crippen LogP contribution in [0.1, 0.15) is 41.5 Å². The molecule has 2 N–H and O–H groups in total. The zero-order valence-electron chi connectivity index (χ0n) is 20.1. The molecule has 5 rings (SSSR count). The van der Waals surface area contributed by atoms with E-state index in [2.05, 4.69) is 20.3 Å². The standard InChI is InChI=1S/C26H24F3N5O3/c1-14(16-5-6-16)30-21-20-22(32-23(31-21)25(35)36)33-24(17-7-11-19(37-2)12-8-17)34(20)13-15-3-9-18(10-4-15)26(27,28)29/h3-4,7-12,14,16H,5-6,13H2,1-2H3,(H,35,36)(H,30,31,32). The highest BCUT2D eigenvalue weighted by Gasteiger charge is 2.31. The van der Waals surface area contributed by atoms with Crippen molar-refractivity contribution in [2.75, 3.05) is 12.4 Å². The van der Waals surface area contributed by atoms with Crippen molar-refractivity contribution in [2.45, 2.75) is 38.5 Å². The second-order valence-corrected chi connectivity index (χ2v) is 9.09. The van der Waals surface area contributed by atoms with Crippen molar-refractivity contribution in [3.8, 4) is 17.1 Å². The van der Waals surface area contributed by atoms with Crippen molar-refractivity contribution in [1.29, 1.82) is 0 Å². The van der Waals surface area contributed by atoms with E-state index in [1.54, 1.807) is 35.9 Å². The Bertz CT molecular complexity index is 1450. The highest BCUT2D eigenvalue weighted by atomic mass is 19.4. The van der Waals surface area contributed by atoms with Gasteiger partial charge in [-0.3, -0.25) is 0 Å². The highest BCUT2D eigenvalue weighted by molar-refractivity contribution is 5.92. The molecule has 1 saturated carbocycles. The summed E-state index contributed by atoms with van der Waals surface area (Å²) in [7, 11) is 1.55. The van der Waals surface area contributed by atoms with Gasteiger partial charge in [-0.25, -0.2) is 19.7 Å². The summed E-state index contributed by atoms with van der Waals surface area (Å²) in [5.74, 6) is 0.205. The van der Waals surface area contributed by atoms with E-state index in [-0.39, 0.29) is 18.2 Å². The van der Waals surface area contributed by atoms with Gasteiger partial charge in [-0.2, -0.15) is 13.2 Å². The summed E-state index contributed by atoms with van der Waals surface area (Å²) in [5, 5.41) is 12.9. The van der Waals surface area contributed by atoms with E-state index in [1.807, 2.05) is 6.92 Å². The van der Waals surface area contributed by atoms with Gasteiger partial charge in [0.15, 0.2) is 11.5 Å². The normalized spacial score (nSPS) is 14.5. The van der Waals surface area contributed by atoms with Gasteiger partial charge >= 0.3 is 12.1 Å². The number of hydrogen-bond acceptors (Lipinski definition) is 6. The van der Waals surface area contributed by atoms with E-state index in [9.17, 15) is 23.1 Å². The number of anilines is 1. The minimum Gasteiger partial charge on any atom is -0.497 e. The van der Waals surface area contributed by atoms with Crippen molar-refractivity contribution in [3.63, 3.8) is 0 Å². The molecule has 2 aromatic carbocycles. The molecule has 0 amide bonds. The van der Waals surface area contributed by atoms with Crippen LogP contribution in [0.15, 0.2) is 48.5 Å². The molecule has 4 aromatic rings. The number of carboxylic acid groups (broad SMARTS) is 1. The molecule has 192 valence electrons. The Hall–Kier alpha value is -4.15. The first-order valence-electron chi connectivity index (χ1n) is 11.7. The fraction of sp³-hybridized carbons (Fsp3) is 0.308. The molecular weight excluding hydrogens is 487 g/mol. The molecule has 8 nitrogen and oxygen atoms in total. The minimum absolute atomic E-state index is 0.0404. The largest absolute Gasteiger partial charge is 0.497 e. The van der Waals surface area contributed by atoms with Gasteiger partial charge in [-0.05, 0) is 67.6 Å². The number of hydrogen-bond donors (Lipinski definition) is 2. The zero-order valence-corrected chi connectivity index (χ0v) is 20.1. The number of carbonyl (C=O) groups is 1. The summed E-state index contributed by atoms with van der Waals surface area (Å²) < 4.78 is 46.3. The lowest BCUT2D eigenvalue weighted by molar-refractivity contribution is -0.137. The molecule has 1 atom stereocenters. The summed E-state index contributed by atoms with van der Waals surface area (Å²) in [6.07, 6.45) is -2.31. The SMILES string of the molecule is COc1ccc(-c2nc3nc(C(=O)O)nc(NC(C)C4CC4)c3n2Cc2ccc(C(F)(F)F)cc2)cc1. The van der Waals surface area contributed by atoms with Crippen LogP contribution in [-0.4, -0.2) is 43.7 Å². The third-order valence-electron chi connectivity index (χ3n) is 6.46. The maximum Gasteiger partial charge on any atom is 0.416 e. The number of benzene rings is 2. The number of nitrogens with zero attached hydrogens (tertiary/aromatic N) is 4. The molecule has 1 fully saturated rings. The van der Waals surface area contributed by atoms with Crippen molar-refractivity contribution >= 4 is 23.0 Å². The van der Waals surface area contributed by atoms with E-state index in [4.69, 9.17) is 4.74 Å². The number of halogens is 3. The van der Waals surface area contributed by atoms with Crippen LogP contribution in [0.4, 0.5) is 19.0 Å². The van der Waals surface area contributed by atoms with Crippen LogP contribution in [0.2, 0.25) is 0 Å². The van der Waals surface area contributed by atoms with Crippen molar-refractivity contribution in [3.05, 3.63) is 65.5 Å². The Morgan fingerprint density at radius 1 is 1.11 bits per heavy atom. The number of alkyl halides is 3. The van der Waals surface area contributed by atoms with Crippen LogP contribution in [-0.2, 0) is 12.7 Å². The number of carboxylic acids is 1. The number of aromatic nitrogens is 4. The second kappa shape index (κ2) is 9.38. The van der Waals surface area contributed by atoms with Crippen LogP contribution in [0.3, 0.4) is 0 Å². The third-order valence-corrected chi connectivity index (χ3v) is 6.46. The zero-order chi connectivity index (χ0) is 26.3. The molecule has 0 saturated heterocycles. The van der Waals surface area contributed by atoms with Crippen LogP contribution in [0.25, 0.3) is 22.6 Å². The van der Waals surface area contributed by atoms with E-state index in [0.717, 1.165) is 25.0 Å². The maximum absolute atomic E-state index is 13.1. The van der Waals surface area contributed by atoms with Crippen LogP contribution in [0, 0.1) is 5.92 Å². The number of rotatable bonds is 8. The molecule has 1 aliphatic rings. The quantitative estimate of drug-likeness (QED) is 0.323. The lowest BCUT2D eigenvalue weighted by Gasteiger charge is -2.17. The summed E-state index contributed by atoms with van der Waals surface area (Å²) in [6, 6.07) is 12.1. The number of aromatic carboxylic acids is 1. The molecular formula is C26H24F3N5O3. The molecule has 0 aliphatic heterocycles. The Morgan fingerprint density at radius 2 is 1.78 bits per heavy atom. The van der Waals surface area contributed by atoms with Crippen LogP contribution >= 0.6 is 0 Å². The number of ether oxygens (including phenoxy) is 1. The second-order valence-electron chi connectivity index (χ2n) is 9.09. The first-order chi connectivity index (χ1) is 17.6. The molecule has 11 heteroatoms. The highest BCUT2D eigenvalue weighted by Crippen LogP contribution is 2.36. The molecule has 2 heterocycles. The number of nitrogens with one attached hydrogen (secondary N) is 1. The Kier molecular flexibility index (Phi) is 6.22. The minimum atomic E-state index is -4.44. The van der Waals surface area contributed by atoms with Crippen molar-refractivity contribution in [2.24, 2.45) is 5.92 Å². The van der Waals surface area contributed by atoms with E-state index >= 15 is 0 Å². The van der Waals surface area contributed by atoms with Gasteiger partial charge in [-0.1, -0.05) is 12.1 Å². The monoisotopic (exact) mass is 511 g/mol. The summed E-state index contributed by atoms with van der Waals surface area (Å²) in [5.41, 5.74) is 1.21. The molecule has 0 radical (unpaired) electrons. The topological polar surface area (TPSA) is 102 Å².